The van der Waals surface area contributed by atoms with E-state index in [0.29, 0.717) is 23.9 Å². The predicted molar refractivity (Wildman–Crippen MR) is 132 cm³/mol. The molecular weight excluding hydrogens is 484 g/mol. The number of ether oxygens (including phenoxy) is 2. The second kappa shape index (κ2) is 10.4. The number of hydrogen-bond donors (Lipinski definition) is 2. The van der Waals surface area contributed by atoms with Gasteiger partial charge in [-0.2, -0.15) is 5.10 Å². The van der Waals surface area contributed by atoms with Crippen LogP contribution in [-0.4, -0.2) is 66.2 Å². The van der Waals surface area contributed by atoms with Crippen molar-refractivity contribution in [2.45, 2.75) is 39.1 Å². The van der Waals surface area contributed by atoms with E-state index in [-0.39, 0.29) is 18.8 Å². The molecule has 4 aromatic rings. The lowest BCUT2D eigenvalue weighted by Crippen LogP contribution is -2.44. The van der Waals surface area contributed by atoms with Gasteiger partial charge in [0.2, 0.25) is 11.8 Å². The van der Waals surface area contributed by atoms with Crippen LogP contribution < -0.4 is 9.46 Å². The summed E-state index contributed by atoms with van der Waals surface area (Å²) in [5.41, 5.74) is 3.84. The zero-order valence-corrected chi connectivity index (χ0v) is 21.0. The van der Waals surface area contributed by atoms with Gasteiger partial charge < -0.3 is 18.4 Å². The smallest absolute Gasteiger partial charge is 0.227 e. The van der Waals surface area contributed by atoms with Gasteiger partial charge in [0.05, 0.1) is 43.8 Å². The summed E-state index contributed by atoms with van der Waals surface area (Å²) in [6.45, 7) is 6.53. The Kier molecular flexibility index (Phi) is 7.12. The fourth-order valence-electron chi connectivity index (χ4n) is 4.64. The number of rotatable bonds is 8. The van der Waals surface area contributed by atoms with Crippen LogP contribution in [0.5, 0.6) is 5.88 Å². The van der Waals surface area contributed by atoms with E-state index in [0.717, 1.165) is 46.4 Å². The molecular formula is C24H27N6O5S-. The van der Waals surface area contributed by atoms with Crippen LogP contribution in [0.4, 0.5) is 0 Å². The predicted octanol–water partition coefficient (Wildman–Crippen LogP) is 2.78. The van der Waals surface area contributed by atoms with E-state index in [4.69, 9.17) is 13.9 Å². The molecule has 3 atom stereocenters. The Hall–Kier alpha value is -3.16. The average molecular weight is 512 g/mol. The summed E-state index contributed by atoms with van der Waals surface area (Å²) in [6, 6.07) is 5.77. The van der Waals surface area contributed by atoms with E-state index in [2.05, 4.69) is 43.6 Å². The van der Waals surface area contributed by atoms with Crippen LogP contribution in [0.25, 0.3) is 33.5 Å². The minimum atomic E-state index is -2.40. The topological polar surface area (TPSA) is 141 Å². The molecule has 0 aliphatic carbocycles. The lowest BCUT2D eigenvalue weighted by atomic mass is 10.0. The van der Waals surface area contributed by atoms with Gasteiger partial charge in [-0.3, -0.25) is 14.2 Å². The molecule has 1 saturated heterocycles. The third-order valence-electron chi connectivity index (χ3n) is 6.05. The Bertz CT molecular complexity index is 1380. The van der Waals surface area contributed by atoms with E-state index in [1.807, 2.05) is 18.2 Å². The normalized spacial score (nSPS) is 19.6. The summed E-state index contributed by atoms with van der Waals surface area (Å²) >= 11 is -2.40. The molecule has 1 aliphatic rings. The Balaban J connectivity index is 1.47. The number of benzene rings is 1. The van der Waals surface area contributed by atoms with Crippen LogP contribution in [0, 0.1) is 0 Å². The number of aromatic nitrogens is 4. The average Bonchev–Trinajstić information content (AvgIpc) is 3.51. The van der Waals surface area contributed by atoms with Gasteiger partial charge in [-0.25, -0.2) is 14.7 Å². The number of H-pyrrole nitrogens is 1. The van der Waals surface area contributed by atoms with E-state index in [9.17, 15) is 8.76 Å². The molecule has 3 aromatic heterocycles. The maximum atomic E-state index is 11.0. The highest BCUT2D eigenvalue weighted by atomic mass is 32.2. The number of fused-ring (bicyclic) bond motifs is 1. The van der Waals surface area contributed by atoms with Crippen LogP contribution in [0.2, 0.25) is 0 Å². The van der Waals surface area contributed by atoms with Crippen LogP contribution in [0.1, 0.15) is 25.2 Å². The molecule has 2 N–H and O–H groups in total. The van der Waals surface area contributed by atoms with Gasteiger partial charge in [0.1, 0.15) is 5.76 Å². The molecule has 190 valence electrons. The monoisotopic (exact) mass is 511 g/mol. The maximum absolute atomic E-state index is 11.0. The van der Waals surface area contributed by atoms with Gasteiger partial charge in [-0.15, -0.1) is 0 Å². The van der Waals surface area contributed by atoms with Crippen LogP contribution >= 0.6 is 0 Å². The first kappa shape index (κ1) is 24.5. The number of oxazole rings is 1. The second-order valence-electron chi connectivity index (χ2n) is 8.89. The number of methoxy groups -OCH3 is 1. The summed E-state index contributed by atoms with van der Waals surface area (Å²) < 4.78 is 41.7. The lowest BCUT2D eigenvalue weighted by Gasteiger charge is -2.34. The molecule has 11 nitrogen and oxygen atoms in total. The van der Waals surface area contributed by atoms with Gasteiger partial charge in [0.15, 0.2) is 0 Å². The minimum Gasteiger partial charge on any atom is -0.760 e. The molecule has 1 aromatic carbocycles. The summed E-state index contributed by atoms with van der Waals surface area (Å²) in [6.07, 6.45) is 5.53. The number of nitrogens with one attached hydrogen (secondary N) is 2. The van der Waals surface area contributed by atoms with Gasteiger partial charge in [-0.05, 0) is 37.6 Å². The second-order valence-corrected chi connectivity index (χ2v) is 9.64. The van der Waals surface area contributed by atoms with Crippen LogP contribution in [0.3, 0.4) is 0 Å². The van der Waals surface area contributed by atoms with E-state index in [1.165, 1.54) is 7.11 Å². The standard InChI is InChI=1S/C24H28N6O5S/c1-14-11-30(12-15(2)34-14)13-19-9-26-24(35-19)20-5-16(6-22-21(20)10-27-29-22)17-4-18(8-28-36(31)32)23(33-3)25-7-17/h4-7,9-10,14-15,28H,8,11-13H2,1-3H3,(H,27,29)(H,31,32)/p-1/t14-,15-/m1/s1. The zero-order chi connectivity index (χ0) is 25.2. The highest BCUT2D eigenvalue weighted by Crippen LogP contribution is 2.34. The molecule has 0 radical (unpaired) electrons. The molecule has 36 heavy (non-hydrogen) atoms. The lowest BCUT2D eigenvalue weighted by molar-refractivity contribution is -0.0718. The van der Waals surface area contributed by atoms with Crippen molar-refractivity contribution in [2.24, 2.45) is 0 Å². The highest BCUT2D eigenvalue weighted by Gasteiger charge is 2.23. The summed E-state index contributed by atoms with van der Waals surface area (Å²) in [5.74, 6) is 1.62. The SMILES string of the molecule is COc1ncc(-c2cc(-c3ncc(CN4C[C@@H](C)O[C@H](C)C4)o3)c3cn[nH]c3c2)cc1CNS(=O)[O-]. The summed E-state index contributed by atoms with van der Waals surface area (Å²) in [4.78, 5) is 11.2. The molecule has 4 heterocycles. The first-order valence-electron chi connectivity index (χ1n) is 11.6. The van der Waals surface area contributed by atoms with Crippen molar-refractivity contribution < 1.29 is 22.7 Å². The summed E-state index contributed by atoms with van der Waals surface area (Å²) in [5, 5.41) is 8.10. The number of morpholine rings is 1. The highest BCUT2D eigenvalue weighted by molar-refractivity contribution is 7.77. The first-order chi connectivity index (χ1) is 17.4. The van der Waals surface area contributed by atoms with Crippen LogP contribution in [0.15, 0.2) is 41.2 Å². The Morgan fingerprint density at radius 1 is 1.17 bits per heavy atom. The zero-order valence-electron chi connectivity index (χ0n) is 20.2. The quantitative estimate of drug-likeness (QED) is 0.342. The Labute approximate surface area is 210 Å². The maximum Gasteiger partial charge on any atom is 0.227 e. The molecule has 5 rings (SSSR count). The van der Waals surface area contributed by atoms with Gasteiger partial charge in [-0.1, -0.05) is 0 Å². The van der Waals surface area contributed by atoms with E-state index in [1.54, 1.807) is 18.6 Å². The van der Waals surface area contributed by atoms with Crippen molar-refractivity contribution in [1.82, 2.24) is 29.8 Å². The molecule has 0 amide bonds. The van der Waals surface area contributed by atoms with Crippen molar-refractivity contribution in [3.05, 3.63) is 48.1 Å². The minimum absolute atomic E-state index is 0.0567. The van der Waals surface area contributed by atoms with E-state index >= 15 is 0 Å². The van der Waals surface area contributed by atoms with Crippen molar-refractivity contribution in [3.8, 4) is 28.5 Å². The molecule has 1 aliphatic heterocycles. The van der Waals surface area contributed by atoms with Crippen LogP contribution in [-0.2, 0) is 29.1 Å². The molecule has 0 bridgehead atoms. The van der Waals surface area contributed by atoms with Gasteiger partial charge in [0.25, 0.3) is 0 Å². The fourth-order valence-corrected chi connectivity index (χ4v) is 4.91. The Morgan fingerprint density at radius 2 is 1.97 bits per heavy atom. The van der Waals surface area contributed by atoms with Gasteiger partial charge in [0, 0.05) is 59.2 Å². The molecule has 0 spiro atoms. The number of nitrogens with zero attached hydrogens (tertiary/aromatic N) is 4. The third kappa shape index (κ3) is 5.32. The largest absolute Gasteiger partial charge is 0.760 e. The summed E-state index contributed by atoms with van der Waals surface area (Å²) in [7, 11) is 1.49. The van der Waals surface area contributed by atoms with E-state index < -0.39 is 11.3 Å². The Morgan fingerprint density at radius 3 is 2.72 bits per heavy atom. The first-order valence-corrected chi connectivity index (χ1v) is 12.6. The molecule has 1 unspecified atom stereocenters. The fraction of sp³-hybridized carbons (Fsp3) is 0.375. The van der Waals surface area contributed by atoms with Crippen molar-refractivity contribution in [1.29, 1.82) is 0 Å². The van der Waals surface area contributed by atoms with Crippen molar-refractivity contribution in [2.75, 3.05) is 20.2 Å². The van der Waals surface area contributed by atoms with Crippen molar-refractivity contribution >= 4 is 22.2 Å². The number of pyridine rings is 1. The number of aromatic amines is 1. The third-order valence-corrected chi connectivity index (χ3v) is 6.43. The number of hydrogen-bond acceptors (Lipinski definition) is 9. The molecule has 0 saturated carbocycles. The molecule has 12 heteroatoms. The van der Waals surface area contributed by atoms with Gasteiger partial charge >= 0.3 is 0 Å². The molecule has 1 fully saturated rings. The van der Waals surface area contributed by atoms with Crippen molar-refractivity contribution in [3.63, 3.8) is 0 Å².